The van der Waals surface area contributed by atoms with Gasteiger partial charge < -0.3 is 15.0 Å². The molecule has 130 valence electrons. The zero-order valence-electron chi connectivity index (χ0n) is 13.6. The van der Waals surface area contributed by atoms with Crippen LogP contribution >= 0.6 is 0 Å². The normalized spacial score (nSPS) is 15.0. The summed E-state index contributed by atoms with van der Waals surface area (Å²) in [6, 6.07) is 0. The number of esters is 1. The molecular formula is C15H21N5O4. The Kier molecular flexibility index (Phi) is 6.05. The fourth-order valence-corrected chi connectivity index (χ4v) is 2.65. The van der Waals surface area contributed by atoms with Gasteiger partial charge in [-0.15, -0.1) is 6.58 Å². The van der Waals surface area contributed by atoms with Gasteiger partial charge in [0.25, 0.3) is 0 Å². The maximum Gasteiger partial charge on any atom is 0.353 e. The van der Waals surface area contributed by atoms with Crippen LogP contribution in [-0.4, -0.2) is 47.1 Å². The molecule has 2 heterocycles. The molecule has 1 fully saturated rings. The summed E-state index contributed by atoms with van der Waals surface area (Å²) >= 11 is 0. The first-order chi connectivity index (χ1) is 11.6. The zero-order chi connectivity index (χ0) is 17.5. The number of carbonyl (C=O) groups excluding carboxylic acids is 1. The van der Waals surface area contributed by atoms with Crippen LogP contribution < -0.4 is 10.2 Å². The van der Waals surface area contributed by atoms with E-state index in [-0.39, 0.29) is 29.2 Å². The van der Waals surface area contributed by atoms with Gasteiger partial charge in [-0.1, -0.05) is 6.08 Å². The summed E-state index contributed by atoms with van der Waals surface area (Å²) in [5.41, 5.74) is -0.158. The Morgan fingerprint density at radius 2 is 2.25 bits per heavy atom. The number of rotatable bonds is 7. The predicted octanol–water partition coefficient (Wildman–Crippen LogP) is 1.76. The first kappa shape index (κ1) is 17.6. The average molecular weight is 335 g/mol. The van der Waals surface area contributed by atoms with Crippen LogP contribution in [0.3, 0.4) is 0 Å². The fourth-order valence-electron chi connectivity index (χ4n) is 2.65. The topological polar surface area (TPSA) is 110 Å². The van der Waals surface area contributed by atoms with Crippen molar-refractivity contribution in [3.8, 4) is 0 Å². The van der Waals surface area contributed by atoms with Crippen molar-refractivity contribution < 1.29 is 14.5 Å². The van der Waals surface area contributed by atoms with Gasteiger partial charge >= 0.3 is 11.7 Å². The van der Waals surface area contributed by atoms with Gasteiger partial charge in [-0.25, -0.2) is 9.97 Å². The molecule has 1 aliphatic heterocycles. The second-order valence-electron chi connectivity index (χ2n) is 5.33. The summed E-state index contributed by atoms with van der Waals surface area (Å²) in [5.74, 6) is 0.0596. The Morgan fingerprint density at radius 1 is 1.54 bits per heavy atom. The van der Waals surface area contributed by atoms with Crippen LogP contribution in [0.1, 0.15) is 19.8 Å². The molecular weight excluding hydrogens is 314 g/mol. The van der Waals surface area contributed by atoms with Crippen LogP contribution in [-0.2, 0) is 9.53 Å². The van der Waals surface area contributed by atoms with Crippen molar-refractivity contribution >= 4 is 23.3 Å². The van der Waals surface area contributed by atoms with E-state index in [1.807, 2.05) is 4.90 Å². The molecule has 1 aliphatic rings. The van der Waals surface area contributed by atoms with Gasteiger partial charge in [0.1, 0.15) is 6.33 Å². The van der Waals surface area contributed by atoms with E-state index in [2.05, 4.69) is 21.9 Å². The van der Waals surface area contributed by atoms with Crippen molar-refractivity contribution in [3.63, 3.8) is 0 Å². The minimum absolute atomic E-state index is 0.158. The highest BCUT2D eigenvalue weighted by atomic mass is 16.6. The molecule has 24 heavy (non-hydrogen) atoms. The molecule has 0 bridgehead atoms. The Bertz CT molecular complexity index is 614. The van der Waals surface area contributed by atoms with E-state index in [9.17, 15) is 14.9 Å². The van der Waals surface area contributed by atoms with E-state index in [0.29, 0.717) is 39.1 Å². The fraction of sp³-hybridized carbons (Fsp3) is 0.533. The number of carbonyl (C=O) groups is 1. The summed E-state index contributed by atoms with van der Waals surface area (Å²) in [7, 11) is 0. The quantitative estimate of drug-likeness (QED) is 0.347. The van der Waals surface area contributed by atoms with Gasteiger partial charge in [-0.05, 0) is 19.8 Å². The summed E-state index contributed by atoms with van der Waals surface area (Å²) in [4.78, 5) is 32.6. The minimum Gasteiger partial charge on any atom is -0.466 e. The standard InChI is InChI=1S/C15H21N5O4/c1-3-7-16-13-12(20(22)23)14(18-10-17-13)19-8-5-11(6-9-19)15(21)24-4-2/h3,10-11H,1,4-9H2,2H3,(H,16,17,18). The zero-order valence-corrected chi connectivity index (χ0v) is 13.6. The lowest BCUT2D eigenvalue weighted by Gasteiger charge is -2.31. The molecule has 0 atom stereocenters. The molecule has 9 heteroatoms. The molecule has 0 amide bonds. The molecule has 1 aromatic rings. The molecule has 9 nitrogen and oxygen atoms in total. The maximum atomic E-state index is 11.8. The molecule has 0 spiro atoms. The Hall–Kier alpha value is -2.71. The van der Waals surface area contributed by atoms with Gasteiger partial charge in [0.2, 0.25) is 11.6 Å². The number of nitrogens with zero attached hydrogens (tertiary/aromatic N) is 4. The molecule has 0 aliphatic carbocycles. The highest BCUT2D eigenvalue weighted by molar-refractivity contribution is 5.74. The number of nitrogens with one attached hydrogen (secondary N) is 1. The summed E-state index contributed by atoms with van der Waals surface area (Å²) in [5, 5.41) is 14.3. The minimum atomic E-state index is -0.488. The molecule has 1 saturated heterocycles. The van der Waals surface area contributed by atoms with Crippen LogP contribution in [0.4, 0.5) is 17.3 Å². The van der Waals surface area contributed by atoms with Crippen LogP contribution in [0.25, 0.3) is 0 Å². The third kappa shape index (κ3) is 3.98. The van der Waals surface area contributed by atoms with E-state index < -0.39 is 4.92 Å². The van der Waals surface area contributed by atoms with Crippen molar-refractivity contribution in [3.05, 3.63) is 29.1 Å². The van der Waals surface area contributed by atoms with Gasteiger partial charge in [0.15, 0.2) is 0 Å². The van der Waals surface area contributed by atoms with Gasteiger partial charge in [0, 0.05) is 19.6 Å². The average Bonchev–Trinajstić information content (AvgIpc) is 2.59. The molecule has 0 unspecified atom stereocenters. The van der Waals surface area contributed by atoms with Gasteiger partial charge in [-0.3, -0.25) is 14.9 Å². The van der Waals surface area contributed by atoms with Crippen molar-refractivity contribution in [2.24, 2.45) is 5.92 Å². The SMILES string of the molecule is C=CCNc1ncnc(N2CCC(C(=O)OCC)CC2)c1[N+](=O)[O-]. The second-order valence-corrected chi connectivity index (χ2v) is 5.33. The van der Waals surface area contributed by atoms with Gasteiger partial charge in [-0.2, -0.15) is 0 Å². The molecule has 1 N–H and O–H groups in total. The van der Waals surface area contributed by atoms with E-state index in [0.717, 1.165) is 0 Å². The predicted molar refractivity (Wildman–Crippen MR) is 88.9 cm³/mol. The third-order valence-corrected chi connectivity index (χ3v) is 3.81. The molecule has 2 rings (SSSR count). The lowest BCUT2D eigenvalue weighted by Crippen LogP contribution is -2.37. The number of anilines is 2. The van der Waals surface area contributed by atoms with Crippen LogP contribution in [0.5, 0.6) is 0 Å². The van der Waals surface area contributed by atoms with E-state index >= 15 is 0 Å². The lowest BCUT2D eigenvalue weighted by atomic mass is 9.97. The van der Waals surface area contributed by atoms with Crippen LogP contribution in [0, 0.1) is 16.0 Å². The summed E-state index contributed by atoms with van der Waals surface area (Å²) in [6.07, 6.45) is 4.05. The molecule has 0 aromatic carbocycles. The van der Waals surface area contributed by atoms with Crippen LogP contribution in [0.2, 0.25) is 0 Å². The second kappa shape index (κ2) is 8.23. The molecule has 0 saturated carbocycles. The number of aromatic nitrogens is 2. The summed E-state index contributed by atoms with van der Waals surface area (Å²) in [6.45, 7) is 7.07. The smallest absolute Gasteiger partial charge is 0.353 e. The van der Waals surface area contributed by atoms with E-state index in [1.54, 1.807) is 13.0 Å². The number of piperidine rings is 1. The molecule has 0 radical (unpaired) electrons. The third-order valence-electron chi connectivity index (χ3n) is 3.81. The number of ether oxygens (including phenoxy) is 1. The molecule has 1 aromatic heterocycles. The number of hydrogen-bond donors (Lipinski definition) is 1. The number of hydrogen-bond acceptors (Lipinski definition) is 8. The largest absolute Gasteiger partial charge is 0.466 e. The van der Waals surface area contributed by atoms with Crippen molar-refractivity contribution in [2.75, 3.05) is 36.5 Å². The highest BCUT2D eigenvalue weighted by Gasteiger charge is 2.32. The maximum absolute atomic E-state index is 11.8. The summed E-state index contributed by atoms with van der Waals surface area (Å²) < 4.78 is 5.04. The Balaban J connectivity index is 2.16. The first-order valence-electron chi connectivity index (χ1n) is 7.84. The van der Waals surface area contributed by atoms with Crippen molar-refractivity contribution in [1.82, 2.24) is 9.97 Å². The Morgan fingerprint density at radius 3 is 2.83 bits per heavy atom. The van der Waals surface area contributed by atoms with Gasteiger partial charge in [0.05, 0.1) is 17.4 Å². The van der Waals surface area contributed by atoms with E-state index in [1.165, 1.54) is 6.33 Å². The van der Waals surface area contributed by atoms with Crippen molar-refractivity contribution in [2.45, 2.75) is 19.8 Å². The Labute approximate surface area is 139 Å². The van der Waals surface area contributed by atoms with Crippen LogP contribution in [0.15, 0.2) is 19.0 Å². The number of nitro groups is 1. The highest BCUT2D eigenvalue weighted by Crippen LogP contribution is 2.34. The first-order valence-corrected chi connectivity index (χ1v) is 7.84. The van der Waals surface area contributed by atoms with E-state index in [4.69, 9.17) is 4.74 Å². The van der Waals surface area contributed by atoms with Crippen molar-refractivity contribution in [1.29, 1.82) is 0 Å². The monoisotopic (exact) mass is 335 g/mol. The lowest BCUT2D eigenvalue weighted by molar-refractivity contribution is -0.383.